The molecule has 1 heterocycles. The first kappa shape index (κ1) is 35.3. The van der Waals surface area contributed by atoms with Gasteiger partial charge in [-0.3, -0.25) is 0 Å². The van der Waals surface area contributed by atoms with Crippen LogP contribution in [-0.4, -0.2) is 38.9 Å². The third kappa shape index (κ3) is 9.10. The average Bonchev–Trinajstić information content (AvgIpc) is 3.11. The summed E-state index contributed by atoms with van der Waals surface area (Å²) in [7, 11) is 1.50. The molecule has 1 saturated carbocycles. The predicted octanol–water partition coefficient (Wildman–Crippen LogP) is 9.27. The van der Waals surface area contributed by atoms with Crippen LogP contribution in [0.1, 0.15) is 70.6 Å². The number of hydrogen-bond donors (Lipinski definition) is 0. The third-order valence-electron chi connectivity index (χ3n) is 9.48. The lowest BCUT2D eigenvalue weighted by Gasteiger charge is -2.38. The molecule has 3 aromatic rings. The Morgan fingerprint density at radius 1 is 0.771 bits per heavy atom. The maximum atomic E-state index is 12.3. The number of hydrogen-bond acceptors (Lipinski definition) is 7. The number of benzene rings is 3. The first-order valence-corrected chi connectivity index (χ1v) is 17.1. The van der Waals surface area contributed by atoms with Gasteiger partial charge in [0.25, 0.3) is 0 Å². The topological polar surface area (TPSA) is 80.3 Å². The van der Waals surface area contributed by atoms with E-state index in [0.717, 1.165) is 33.7 Å². The zero-order valence-corrected chi connectivity index (χ0v) is 28.5. The highest BCUT2D eigenvalue weighted by Crippen LogP contribution is 2.41. The standard InChI is InChI=1S/C41H48O7/c1-6-7-8-29-9-11-32(12-10-29)34-25-45-41(46-26-34)38-23-36(48-39(42)27(2)3)21-22-37(38)33-15-13-30(14-16-33)31-17-19-35(20-18-31)47-40(43)28(4)24-44-5/h13-23,29,32,34,41H,2,4,6-12,24-26H2,1,3,5H3. The van der Waals surface area contributed by atoms with E-state index in [2.05, 4.69) is 32.2 Å². The fourth-order valence-electron chi connectivity index (χ4n) is 6.64. The van der Waals surface area contributed by atoms with Gasteiger partial charge in [-0.1, -0.05) is 94.7 Å². The largest absolute Gasteiger partial charge is 0.423 e. The van der Waals surface area contributed by atoms with Crippen LogP contribution in [0, 0.1) is 17.8 Å². The fourth-order valence-corrected chi connectivity index (χ4v) is 6.64. The van der Waals surface area contributed by atoms with Crippen molar-refractivity contribution in [3.8, 4) is 33.8 Å². The first-order valence-electron chi connectivity index (χ1n) is 17.1. The van der Waals surface area contributed by atoms with Crippen molar-refractivity contribution in [2.75, 3.05) is 26.9 Å². The van der Waals surface area contributed by atoms with E-state index in [9.17, 15) is 9.59 Å². The van der Waals surface area contributed by atoms with Gasteiger partial charge in [0.1, 0.15) is 11.5 Å². The second-order valence-corrected chi connectivity index (χ2v) is 13.1. The van der Waals surface area contributed by atoms with Crippen LogP contribution in [0.25, 0.3) is 22.3 Å². The molecule has 0 bridgehead atoms. The van der Waals surface area contributed by atoms with Crippen LogP contribution >= 0.6 is 0 Å². The van der Waals surface area contributed by atoms with Crippen molar-refractivity contribution in [1.82, 2.24) is 0 Å². The molecule has 7 nitrogen and oxygen atoms in total. The number of methoxy groups -OCH3 is 1. The van der Waals surface area contributed by atoms with Crippen LogP contribution in [0.15, 0.2) is 91.0 Å². The van der Waals surface area contributed by atoms with Crippen molar-refractivity contribution < 1.29 is 33.3 Å². The van der Waals surface area contributed by atoms with E-state index >= 15 is 0 Å². The van der Waals surface area contributed by atoms with Gasteiger partial charge in [0.2, 0.25) is 0 Å². The zero-order chi connectivity index (χ0) is 34.0. The summed E-state index contributed by atoms with van der Waals surface area (Å²) in [6.07, 6.45) is 8.50. The van der Waals surface area contributed by atoms with Gasteiger partial charge >= 0.3 is 11.9 Å². The lowest BCUT2D eigenvalue weighted by Crippen LogP contribution is -2.34. The Hall–Kier alpha value is -4.04. The van der Waals surface area contributed by atoms with E-state index in [1.54, 1.807) is 25.1 Å². The van der Waals surface area contributed by atoms with Crippen LogP contribution in [0.2, 0.25) is 0 Å². The summed E-state index contributed by atoms with van der Waals surface area (Å²) < 4.78 is 28.8. The summed E-state index contributed by atoms with van der Waals surface area (Å²) in [6.45, 7) is 12.7. The molecular formula is C41H48O7. The summed E-state index contributed by atoms with van der Waals surface area (Å²) in [5.74, 6) is 1.76. The van der Waals surface area contributed by atoms with E-state index in [-0.39, 0.29) is 12.2 Å². The Balaban J connectivity index is 1.29. The van der Waals surface area contributed by atoms with Crippen molar-refractivity contribution in [3.05, 3.63) is 96.6 Å². The molecule has 0 radical (unpaired) electrons. The molecule has 5 rings (SSSR count). The summed E-state index contributed by atoms with van der Waals surface area (Å²) >= 11 is 0. The van der Waals surface area contributed by atoms with Crippen molar-refractivity contribution >= 4 is 11.9 Å². The number of unbranched alkanes of at least 4 members (excludes halogenated alkanes) is 1. The van der Waals surface area contributed by atoms with Gasteiger partial charge in [-0.05, 0) is 78.1 Å². The second kappa shape index (κ2) is 16.9. The first-order chi connectivity index (χ1) is 23.2. The van der Waals surface area contributed by atoms with Gasteiger partial charge in [-0.2, -0.15) is 0 Å². The Labute approximate surface area is 284 Å². The lowest BCUT2D eigenvalue weighted by molar-refractivity contribution is -0.214. The minimum absolute atomic E-state index is 0.118. The van der Waals surface area contributed by atoms with E-state index in [1.165, 1.54) is 52.1 Å². The molecule has 254 valence electrons. The van der Waals surface area contributed by atoms with Crippen LogP contribution in [0.3, 0.4) is 0 Å². The fraction of sp³-hybridized carbons (Fsp3) is 0.415. The van der Waals surface area contributed by atoms with Crippen molar-refractivity contribution in [2.24, 2.45) is 17.8 Å². The molecule has 1 saturated heterocycles. The van der Waals surface area contributed by atoms with Crippen molar-refractivity contribution in [2.45, 2.75) is 65.1 Å². The van der Waals surface area contributed by atoms with Gasteiger partial charge < -0.3 is 23.7 Å². The molecule has 1 aliphatic heterocycles. The van der Waals surface area contributed by atoms with Crippen LogP contribution in [0.4, 0.5) is 0 Å². The van der Waals surface area contributed by atoms with E-state index in [1.807, 2.05) is 36.4 Å². The van der Waals surface area contributed by atoms with Crippen molar-refractivity contribution in [3.63, 3.8) is 0 Å². The highest BCUT2D eigenvalue weighted by molar-refractivity contribution is 5.90. The van der Waals surface area contributed by atoms with Gasteiger partial charge in [-0.25, -0.2) is 9.59 Å². The molecule has 0 amide bonds. The van der Waals surface area contributed by atoms with Crippen LogP contribution in [0.5, 0.6) is 11.5 Å². The highest BCUT2D eigenvalue weighted by Gasteiger charge is 2.33. The predicted molar refractivity (Wildman–Crippen MR) is 188 cm³/mol. The molecule has 2 aliphatic rings. The number of rotatable bonds is 13. The summed E-state index contributed by atoms with van der Waals surface area (Å²) in [6, 6.07) is 21.1. The molecule has 0 atom stereocenters. The number of esters is 2. The Morgan fingerprint density at radius 3 is 1.96 bits per heavy atom. The quantitative estimate of drug-likeness (QED) is 0.103. The molecule has 0 unspecified atom stereocenters. The number of carbonyl (C=O) groups is 2. The molecule has 0 N–H and O–H groups in total. The molecule has 0 aromatic heterocycles. The third-order valence-corrected chi connectivity index (χ3v) is 9.48. The minimum Gasteiger partial charge on any atom is -0.423 e. The molecule has 2 fully saturated rings. The second-order valence-electron chi connectivity index (χ2n) is 13.1. The molecular weight excluding hydrogens is 604 g/mol. The van der Waals surface area contributed by atoms with E-state index < -0.39 is 18.2 Å². The highest BCUT2D eigenvalue weighted by atomic mass is 16.7. The van der Waals surface area contributed by atoms with Gasteiger partial charge in [0, 0.05) is 24.2 Å². The molecule has 0 spiro atoms. The molecule has 7 heteroatoms. The monoisotopic (exact) mass is 652 g/mol. The smallest absolute Gasteiger partial charge is 0.341 e. The van der Waals surface area contributed by atoms with Crippen LogP contribution in [-0.2, 0) is 23.8 Å². The molecule has 48 heavy (non-hydrogen) atoms. The van der Waals surface area contributed by atoms with Gasteiger partial charge in [0.05, 0.1) is 25.4 Å². The van der Waals surface area contributed by atoms with Crippen LogP contribution < -0.4 is 9.47 Å². The summed E-state index contributed by atoms with van der Waals surface area (Å²) in [5, 5.41) is 0. The van der Waals surface area contributed by atoms with Gasteiger partial charge in [0.15, 0.2) is 6.29 Å². The maximum Gasteiger partial charge on any atom is 0.341 e. The van der Waals surface area contributed by atoms with Gasteiger partial charge in [-0.15, -0.1) is 0 Å². The lowest BCUT2D eigenvalue weighted by atomic mass is 9.74. The Morgan fingerprint density at radius 2 is 1.35 bits per heavy atom. The molecule has 3 aromatic carbocycles. The summed E-state index contributed by atoms with van der Waals surface area (Å²) in [4.78, 5) is 24.5. The normalized spacial score (nSPS) is 20.9. The minimum atomic E-state index is -0.574. The number of ether oxygens (including phenoxy) is 5. The number of carbonyl (C=O) groups excluding carboxylic acids is 2. The Bertz CT molecular complexity index is 1560. The maximum absolute atomic E-state index is 12.3. The summed E-state index contributed by atoms with van der Waals surface area (Å²) in [5.41, 5.74) is 5.30. The molecule has 1 aliphatic carbocycles. The zero-order valence-electron chi connectivity index (χ0n) is 28.5. The SMILES string of the molecule is C=C(C)C(=O)Oc1ccc(-c2ccc(-c3ccc(OC(=O)C(=C)COC)cc3)cc2)c(C2OCC(C3CCC(CCCC)CC3)CO2)c1. The Kier molecular flexibility index (Phi) is 12.4. The average molecular weight is 653 g/mol. The van der Waals surface area contributed by atoms with E-state index in [0.29, 0.717) is 42.1 Å². The van der Waals surface area contributed by atoms with E-state index in [4.69, 9.17) is 23.7 Å². The van der Waals surface area contributed by atoms with Crippen molar-refractivity contribution in [1.29, 1.82) is 0 Å².